The van der Waals surface area contributed by atoms with E-state index in [1.54, 1.807) is 6.26 Å². The molecule has 2 aromatic rings. The maximum absolute atomic E-state index is 6.05. The quantitative estimate of drug-likeness (QED) is 0.899. The molecular formula is C14H15NO3. The topological polar surface area (TPSA) is 57.6 Å². The van der Waals surface area contributed by atoms with Crippen LogP contribution in [0, 0.1) is 0 Å². The van der Waals surface area contributed by atoms with Gasteiger partial charge >= 0.3 is 0 Å². The molecule has 1 aromatic carbocycles. The Morgan fingerprint density at radius 1 is 1.17 bits per heavy atom. The first-order valence-electron chi connectivity index (χ1n) is 6.00. The van der Waals surface area contributed by atoms with Gasteiger partial charge < -0.3 is 19.6 Å². The van der Waals surface area contributed by atoms with Gasteiger partial charge in [0.1, 0.15) is 5.76 Å². The van der Waals surface area contributed by atoms with Crippen LogP contribution in [0.5, 0.6) is 11.5 Å². The van der Waals surface area contributed by atoms with Gasteiger partial charge in [0.05, 0.1) is 12.3 Å². The SMILES string of the molecule is NC(CCc1ccc2c(c1)OCO2)c1ccco1. The van der Waals surface area contributed by atoms with Gasteiger partial charge in [0.25, 0.3) is 0 Å². The predicted molar refractivity (Wildman–Crippen MR) is 66.5 cm³/mol. The minimum Gasteiger partial charge on any atom is -0.468 e. The van der Waals surface area contributed by atoms with Gasteiger partial charge in [-0.3, -0.25) is 0 Å². The highest BCUT2D eigenvalue weighted by Gasteiger charge is 2.14. The second-order valence-corrected chi connectivity index (χ2v) is 4.35. The second kappa shape index (κ2) is 4.74. The molecule has 0 bridgehead atoms. The third kappa shape index (κ3) is 2.19. The summed E-state index contributed by atoms with van der Waals surface area (Å²) in [5.74, 6) is 2.46. The number of fused-ring (bicyclic) bond motifs is 1. The predicted octanol–water partition coefficient (Wildman–Crippen LogP) is 2.64. The van der Waals surface area contributed by atoms with Crippen molar-refractivity contribution in [3.63, 3.8) is 0 Å². The lowest BCUT2D eigenvalue weighted by atomic mass is 10.0. The summed E-state index contributed by atoms with van der Waals surface area (Å²) in [6, 6.07) is 9.70. The van der Waals surface area contributed by atoms with E-state index >= 15 is 0 Å². The Kier molecular flexibility index (Phi) is 2.94. The summed E-state index contributed by atoms with van der Waals surface area (Å²) in [6.45, 7) is 0.310. The van der Waals surface area contributed by atoms with Crippen molar-refractivity contribution in [1.29, 1.82) is 0 Å². The van der Waals surface area contributed by atoms with Gasteiger partial charge in [-0.2, -0.15) is 0 Å². The number of nitrogens with two attached hydrogens (primary N) is 1. The van der Waals surface area contributed by atoms with Gasteiger partial charge in [-0.15, -0.1) is 0 Å². The Bertz CT molecular complexity index is 522. The zero-order chi connectivity index (χ0) is 12.4. The van der Waals surface area contributed by atoms with Crippen molar-refractivity contribution in [2.24, 2.45) is 5.73 Å². The van der Waals surface area contributed by atoms with Gasteiger partial charge in [0.15, 0.2) is 11.5 Å². The van der Waals surface area contributed by atoms with Gasteiger partial charge in [0, 0.05) is 0 Å². The van der Waals surface area contributed by atoms with E-state index in [1.807, 2.05) is 30.3 Å². The number of furan rings is 1. The van der Waals surface area contributed by atoms with Crippen LogP contribution in [0.15, 0.2) is 41.0 Å². The zero-order valence-electron chi connectivity index (χ0n) is 9.96. The lowest BCUT2D eigenvalue weighted by Crippen LogP contribution is -2.10. The summed E-state index contributed by atoms with van der Waals surface area (Å²) in [4.78, 5) is 0. The Morgan fingerprint density at radius 2 is 2.06 bits per heavy atom. The van der Waals surface area contributed by atoms with Crippen LogP contribution >= 0.6 is 0 Å². The Hall–Kier alpha value is -1.94. The molecule has 3 rings (SSSR count). The van der Waals surface area contributed by atoms with Crippen molar-refractivity contribution in [2.45, 2.75) is 18.9 Å². The summed E-state index contributed by atoms with van der Waals surface area (Å²) in [5, 5.41) is 0. The monoisotopic (exact) mass is 245 g/mol. The summed E-state index contributed by atoms with van der Waals surface area (Å²) >= 11 is 0. The van der Waals surface area contributed by atoms with Gasteiger partial charge in [-0.05, 0) is 42.7 Å². The lowest BCUT2D eigenvalue weighted by Gasteiger charge is -2.08. The normalized spacial score (nSPS) is 14.7. The van der Waals surface area contributed by atoms with Crippen molar-refractivity contribution < 1.29 is 13.9 Å². The molecule has 4 heteroatoms. The molecule has 0 fully saturated rings. The smallest absolute Gasteiger partial charge is 0.231 e. The molecule has 94 valence electrons. The molecule has 1 unspecified atom stereocenters. The van der Waals surface area contributed by atoms with E-state index in [0.717, 1.165) is 30.1 Å². The standard InChI is InChI=1S/C14H15NO3/c15-11(12-2-1-7-16-12)5-3-10-4-6-13-14(8-10)18-9-17-13/h1-2,4,6-8,11H,3,5,9,15H2. The van der Waals surface area contributed by atoms with Crippen molar-refractivity contribution in [2.75, 3.05) is 6.79 Å². The molecular weight excluding hydrogens is 230 g/mol. The summed E-state index contributed by atoms with van der Waals surface area (Å²) in [5.41, 5.74) is 7.25. The minimum atomic E-state index is -0.0644. The number of rotatable bonds is 4. The molecule has 1 aliphatic heterocycles. The molecule has 18 heavy (non-hydrogen) atoms. The first-order chi connectivity index (χ1) is 8.83. The van der Waals surface area contributed by atoms with Crippen molar-refractivity contribution in [3.8, 4) is 11.5 Å². The molecule has 4 nitrogen and oxygen atoms in total. The Morgan fingerprint density at radius 3 is 2.89 bits per heavy atom. The largest absolute Gasteiger partial charge is 0.468 e. The molecule has 0 spiro atoms. The number of aryl methyl sites for hydroxylation is 1. The Labute approximate surface area is 105 Å². The Balaban J connectivity index is 1.63. The van der Waals surface area contributed by atoms with Crippen LogP contribution in [-0.4, -0.2) is 6.79 Å². The van der Waals surface area contributed by atoms with Crippen LogP contribution < -0.4 is 15.2 Å². The summed E-state index contributed by atoms with van der Waals surface area (Å²) in [6.07, 6.45) is 3.38. The first kappa shape index (κ1) is 11.2. The number of benzene rings is 1. The highest BCUT2D eigenvalue weighted by molar-refractivity contribution is 5.44. The van der Waals surface area contributed by atoms with Gasteiger partial charge in [-0.1, -0.05) is 6.07 Å². The molecule has 1 aliphatic rings. The van der Waals surface area contributed by atoms with Crippen LogP contribution in [0.3, 0.4) is 0 Å². The van der Waals surface area contributed by atoms with Crippen molar-refractivity contribution >= 4 is 0 Å². The first-order valence-corrected chi connectivity index (χ1v) is 6.00. The number of hydrogen-bond donors (Lipinski definition) is 1. The molecule has 2 N–H and O–H groups in total. The van der Waals surface area contributed by atoms with Crippen molar-refractivity contribution in [1.82, 2.24) is 0 Å². The van der Waals surface area contributed by atoms with Crippen LogP contribution in [0.2, 0.25) is 0 Å². The lowest BCUT2D eigenvalue weighted by molar-refractivity contribution is 0.174. The van der Waals surface area contributed by atoms with Gasteiger partial charge in [0.2, 0.25) is 6.79 Å². The van der Waals surface area contributed by atoms with E-state index in [1.165, 1.54) is 5.56 Å². The maximum atomic E-state index is 6.05. The molecule has 0 radical (unpaired) electrons. The van der Waals surface area contributed by atoms with Crippen LogP contribution in [0.1, 0.15) is 23.8 Å². The van der Waals surface area contributed by atoms with E-state index in [-0.39, 0.29) is 6.04 Å². The maximum Gasteiger partial charge on any atom is 0.231 e. The van der Waals surface area contributed by atoms with E-state index < -0.39 is 0 Å². The molecule has 2 heterocycles. The second-order valence-electron chi connectivity index (χ2n) is 4.35. The highest BCUT2D eigenvalue weighted by atomic mass is 16.7. The minimum absolute atomic E-state index is 0.0644. The fourth-order valence-corrected chi connectivity index (χ4v) is 2.06. The summed E-state index contributed by atoms with van der Waals surface area (Å²) in [7, 11) is 0. The third-order valence-corrected chi connectivity index (χ3v) is 3.09. The van der Waals surface area contributed by atoms with E-state index in [4.69, 9.17) is 19.6 Å². The van der Waals surface area contributed by atoms with E-state index in [2.05, 4.69) is 0 Å². The van der Waals surface area contributed by atoms with E-state index in [0.29, 0.717) is 6.79 Å². The highest BCUT2D eigenvalue weighted by Crippen LogP contribution is 2.33. The van der Waals surface area contributed by atoms with Gasteiger partial charge in [-0.25, -0.2) is 0 Å². The summed E-state index contributed by atoms with van der Waals surface area (Å²) < 4.78 is 15.9. The average Bonchev–Trinajstić information content (AvgIpc) is 3.05. The van der Waals surface area contributed by atoms with Crippen LogP contribution in [0.4, 0.5) is 0 Å². The fraction of sp³-hybridized carbons (Fsp3) is 0.286. The molecule has 1 aromatic heterocycles. The number of ether oxygens (including phenoxy) is 2. The molecule has 0 saturated heterocycles. The fourth-order valence-electron chi connectivity index (χ4n) is 2.06. The van der Waals surface area contributed by atoms with Crippen molar-refractivity contribution in [3.05, 3.63) is 47.9 Å². The molecule has 0 saturated carbocycles. The third-order valence-electron chi connectivity index (χ3n) is 3.09. The average molecular weight is 245 g/mol. The zero-order valence-corrected chi connectivity index (χ0v) is 9.96. The van der Waals surface area contributed by atoms with E-state index in [9.17, 15) is 0 Å². The van der Waals surface area contributed by atoms with Crippen LogP contribution in [0.25, 0.3) is 0 Å². The van der Waals surface area contributed by atoms with Crippen LogP contribution in [-0.2, 0) is 6.42 Å². The number of hydrogen-bond acceptors (Lipinski definition) is 4. The molecule has 1 atom stereocenters. The molecule has 0 aliphatic carbocycles. The molecule has 0 amide bonds.